The summed E-state index contributed by atoms with van der Waals surface area (Å²) in [5.41, 5.74) is 2.41. The zero-order valence-corrected chi connectivity index (χ0v) is 10.1. The molecule has 0 aliphatic heterocycles. The van der Waals surface area contributed by atoms with Crippen LogP contribution in [0.3, 0.4) is 0 Å². The number of rotatable bonds is 7. The van der Waals surface area contributed by atoms with E-state index in [0.717, 1.165) is 0 Å². The zero-order valence-electron chi connectivity index (χ0n) is 10.1. The third-order valence-corrected chi connectivity index (χ3v) is 2.11. The van der Waals surface area contributed by atoms with Crippen molar-refractivity contribution in [2.75, 3.05) is 13.2 Å². The third kappa shape index (κ3) is 4.56. The molecule has 1 aromatic heterocycles. The minimum absolute atomic E-state index is 0.0214. The Bertz CT molecular complexity index is 351. The smallest absolute Gasteiger partial charge is 0.268 e. The normalized spacial score (nSPS) is 12.4. The third-order valence-electron chi connectivity index (χ3n) is 2.11. The van der Waals surface area contributed by atoms with Crippen LogP contribution >= 0.6 is 0 Å². The van der Waals surface area contributed by atoms with Crippen molar-refractivity contribution >= 4 is 5.91 Å². The SMILES string of the molecule is CCOCC(C)OCc1cc(C(=O)NN)co1. The molecule has 0 saturated carbocycles. The van der Waals surface area contributed by atoms with Gasteiger partial charge in [0.15, 0.2) is 0 Å². The fraction of sp³-hybridized carbons (Fsp3) is 0.545. The van der Waals surface area contributed by atoms with Crippen LogP contribution < -0.4 is 11.3 Å². The Balaban J connectivity index is 2.36. The maximum Gasteiger partial charge on any atom is 0.268 e. The lowest BCUT2D eigenvalue weighted by atomic mass is 10.3. The second kappa shape index (κ2) is 7.05. The van der Waals surface area contributed by atoms with Crippen molar-refractivity contribution in [2.45, 2.75) is 26.6 Å². The Kier molecular flexibility index (Phi) is 5.68. The summed E-state index contributed by atoms with van der Waals surface area (Å²) in [5, 5.41) is 0. The summed E-state index contributed by atoms with van der Waals surface area (Å²) in [5.74, 6) is 5.19. The predicted octanol–water partition coefficient (Wildman–Crippen LogP) is 0.825. The van der Waals surface area contributed by atoms with Gasteiger partial charge in [-0.15, -0.1) is 0 Å². The van der Waals surface area contributed by atoms with Gasteiger partial charge in [-0.1, -0.05) is 0 Å². The quantitative estimate of drug-likeness (QED) is 0.420. The standard InChI is InChI=1S/C11H18N2O4/c1-3-15-5-8(2)16-7-10-4-9(6-17-10)11(14)13-12/h4,6,8H,3,5,7,12H2,1-2H3,(H,13,14). The fourth-order valence-electron chi connectivity index (χ4n) is 1.22. The average Bonchev–Trinajstić information content (AvgIpc) is 2.81. The van der Waals surface area contributed by atoms with E-state index in [1.165, 1.54) is 6.26 Å². The number of amides is 1. The van der Waals surface area contributed by atoms with Gasteiger partial charge in [0.25, 0.3) is 5.91 Å². The summed E-state index contributed by atoms with van der Waals surface area (Å²) in [6.07, 6.45) is 1.32. The van der Waals surface area contributed by atoms with E-state index in [0.29, 0.717) is 31.1 Å². The van der Waals surface area contributed by atoms with E-state index in [9.17, 15) is 4.79 Å². The van der Waals surface area contributed by atoms with E-state index >= 15 is 0 Å². The van der Waals surface area contributed by atoms with Crippen molar-refractivity contribution in [2.24, 2.45) is 5.84 Å². The highest BCUT2D eigenvalue weighted by Gasteiger charge is 2.10. The number of nitrogens with two attached hydrogens (primary N) is 1. The van der Waals surface area contributed by atoms with Crippen LogP contribution in [0, 0.1) is 0 Å². The molecule has 0 aliphatic carbocycles. The molecule has 0 saturated heterocycles. The minimum atomic E-state index is -0.387. The highest BCUT2D eigenvalue weighted by Crippen LogP contribution is 2.10. The summed E-state index contributed by atoms with van der Waals surface area (Å²) in [6.45, 7) is 5.33. The molecule has 17 heavy (non-hydrogen) atoms. The number of furan rings is 1. The van der Waals surface area contributed by atoms with Gasteiger partial charge < -0.3 is 13.9 Å². The highest BCUT2D eigenvalue weighted by atomic mass is 16.5. The lowest BCUT2D eigenvalue weighted by Crippen LogP contribution is -2.29. The Morgan fingerprint density at radius 2 is 2.41 bits per heavy atom. The number of hydrogen-bond acceptors (Lipinski definition) is 5. The van der Waals surface area contributed by atoms with Crippen LogP contribution in [0.1, 0.15) is 30.0 Å². The first-order chi connectivity index (χ1) is 8.17. The van der Waals surface area contributed by atoms with Crippen LogP contribution in [-0.4, -0.2) is 25.2 Å². The monoisotopic (exact) mass is 242 g/mol. The summed E-state index contributed by atoms with van der Waals surface area (Å²) >= 11 is 0. The van der Waals surface area contributed by atoms with Gasteiger partial charge in [0.05, 0.1) is 18.3 Å². The second-order valence-corrected chi connectivity index (χ2v) is 3.56. The fourth-order valence-corrected chi connectivity index (χ4v) is 1.22. The zero-order chi connectivity index (χ0) is 12.7. The van der Waals surface area contributed by atoms with Crippen molar-refractivity contribution in [3.8, 4) is 0 Å². The molecule has 96 valence electrons. The number of hydrazine groups is 1. The number of carbonyl (C=O) groups excluding carboxylic acids is 1. The van der Waals surface area contributed by atoms with E-state index in [2.05, 4.69) is 0 Å². The largest absolute Gasteiger partial charge is 0.466 e. The molecule has 1 unspecified atom stereocenters. The number of hydrogen-bond donors (Lipinski definition) is 2. The van der Waals surface area contributed by atoms with Crippen molar-refractivity contribution in [1.82, 2.24) is 5.43 Å². The van der Waals surface area contributed by atoms with E-state index in [-0.39, 0.29) is 12.0 Å². The molecule has 1 amide bonds. The lowest BCUT2D eigenvalue weighted by molar-refractivity contribution is -0.0170. The first kappa shape index (κ1) is 13.7. The first-order valence-electron chi connectivity index (χ1n) is 5.45. The number of nitrogens with one attached hydrogen (secondary N) is 1. The molecule has 1 aromatic rings. The minimum Gasteiger partial charge on any atom is -0.466 e. The molecule has 1 heterocycles. The van der Waals surface area contributed by atoms with Gasteiger partial charge in [0.2, 0.25) is 0 Å². The van der Waals surface area contributed by atoms with Gasteiger partial charge >= 0.3 is 0 Å². The maximum atomic E-state index is 11.1. The van der Waals surface area contributed by atoms with Gasteiger partial charge in [0.1, 0.15) is 18.6 Å². The molecule has 0 aromatic carbocycles. The molecule has 1 atom stereocenters. The molecular weight excluding hydrogens is 224 g/mol. The Labute approximate surface area is 100 Å². The van der Waals surface area contributed by atoms with Gasteiger partial charge in [-0.25, -0.2) is 5.84 Å². The number of carbonyl (C=O) groups is 1. The molecule has 0 aliphatic rings. The summed E-state index contributed by atoms with van der Waals surface area (Å²) in [7, 11) is 0. The van der Waals surface area contributed by atoms with E-state index in [1.54, 1.807) is 6.07 Å². The van der Waals surface area contributed by atoms with Gasteiger partial charge in [-0.05, 0) is 19.9 Å². The van der Waals surface area contributed by atoms with Crippen LogP contribution in [0.25, 0.3) is 0 Å². The van der Waals surface area contributed by atoms with Crippen molar-refractivity contribution in [3.63, 3.8) is 0 Å². The van der Waals surface area contributed by atoms with Crippen LogP contribution in [0.5, 0.6) is 0 Å². The predicted molar refractivity (Wildman–Crippen MR) is 61.1 cm³/mol. The van der Waals surface area contributed by atoms with Crippen LogP contribution in [0.4, 0.5) is 0 Å². The number of nitrogen functional groups attached to an aromatic ring is 1. The van der Waals surface area contributed by atoms with Gasteiger partial charge in [-0.2, -0.15) is 0 Å². The molecule has 6 heteroatoms. The molecule has 3 N–H and O–H groups in total. The van der Waals surface area contributed by atoms with Gasteiger partial charge in [0, 0.05) is 6.61 Å². The summed E-state index contributed by atoms with van der Waals surface area (Å²) in [4.78, 5) is 11.1. The average molecular weight is 242 g/mol. The Morgan fingerprint density at radius 1 is 1.65 bits per heavy atom. The van der Waals surface area contributed by atoms with Crippen molar-refractivity contribution in [1.29, 1.82) is 0 Å². The van der Waals surface area contributed by atoms with Crippen LogP contribution in [0.2, 0.25) is 0 Å². The highest BCUT2D eigenvalue weighted by molar-refractivity contribution is 5.93. The second-order valence-electron chi connectivity index (χ2n) is 3.56. The number of ether oxygens (including phenoxy) is 2. The molecule has 1 rings (SSSR count). The molecular formula is C11H18N2O4. The van der Waals surface area contributed by atoms with Crippen LogP contribution in [0.15, 0.2) is 16.7 Å². The van der Waals surface area contributed by atoms with E-state index < -0.39 is 0 Å². The molecule has 0 fully saturated rings. The first-order valence-corrected chi connectivity index (χ1v) is 5.45. The molecule has 0 bridgehead atoms. The van der Waals surface area contributed by atoms with E-state index in [4.69, 9.17) is 19.7 Å². The maximum absolute atomic E-state index is 11.1. The molecule has 6 nitrogen and oxygen atoms in total. The topological polar surface area (TPSA) is 86.7 Å². The van der Waals surface area contributed by atoms with Crippen molar-refractivity contribution < 1.29 is 18.7 Å². The lowest BCUT2D eigenvalue weighted by Gasteiger charge is -2.11. The van der Waals surface area contributed by atoms with Gasteiger partial charge in [-0.3, -0.25) is 10.2 Å². The van der Waals surface area contributed by atoms with Crippen molar-refractivity contribution in [3.05, 3.63) is 23.7 Å². The molecule has 0 radical (unpaired) electrons. The van der Waals surface area contributed by atoms with E-state index in [1.807, 2.05) is 19.3 Å². The summed E-state index contributed by atoms with van der Waals surface area (Å²) in [6, 6.07) is 1.59. The molecule has 0 spiro atoms. The Hall–Kier alpha value is -1.37. The summed E-state index contributed by atoms with van der Waals surface area (Å²) < 4.78 is 15.8. The Morgan fingerprint density at radius 3 is 3.06 bits per heavy atom. The van der Waals surface area contributed by atoms with Crippen LogP contribution in [-0.2, 0) is 16.1 Å².